The third-order valence-corrected chi connectivity index (χ3v) is 9.32. The van der Waals surface area contributed by atoms with Crippen LogP contribution >= 0.6 is 0 Å². The van der Waals surface area contributed by atoms with Crippen molar-refractivity contribution in [2.24, 2.45) is 11.8 Å². The van der Waals surface area contributed by atoms with E-state index in [1.807, 2.05) is 50.9 Å². The van der Waals surface area contributed by atoms with Crippen molar-refractivity contribution in [3.8, 4) is 0 Å². The molecular formula is C35H51FN4O7. The Labute approximate surface area is 277 Å². The van der Waals surface area contributed by atoms with Crippen molar-refractivity contribution < 1.29 is 38.5 Å². The van der Waals surface area contributed by atoms with E-state index >= 15 is 0 Å². The van der Waals surface area contributed by atoms with Gasteiger partial charge in [-0.15, -0.1) is 0 Å². The summed E-state index contributed by atoms with van der Waals surface area (Å²) < 4.78 is 26.8. The van der Waals surface area contributed by atoms with Crippen LogP contribution < -0.4 is 4.90 Å². The molecule has 11 nitrogen and oxygen atoms in total. The van der Waals surface area contributed by atoms with E-state index in [0.29, 0.717) is 68.9 Å². The second-order valence-corrected chi connectivity index (χ2v) is 13.3. The van der Waals surface area contributed by atoms with E-state index in [1.165, 1.54) is 19.1 Å². The Morgan fingerprint density at radius 2 is 1.66 bits per heavy atom. The van der Waals surface area contributed by atoms with Crippen LogP contribution in [0.5, 0.6) is 0 Å². The number of esters is 1. The van der Waals surface area contributed by atoms with Gasteiger partial charge in [-0.2, -0.15) is 0 Å². The zero-order valence-electron chi connectivity index (χ0n) is 28.3. The third kappa shape index (κ3) is 10.3. The van der Waals surface area contributed by atoms with Crippen molar-refractivity contribution in [3.63, 3.8) is 0 Å². The van der Waals surface area contributed by atoms with Gasteiger partial charge in [-0.1, -0.05) is 26.0 Å². The van der Waals surface area contributed by atoms with Gasteiger partial charge in [0.15, 0.2) is 0 Å². The van der Waals surface area contributed by atoms with E-state index in [1.54, 1.807) is 15.9 Å². The lowest BCUT2D eigenvalue weighted by Crippen LogP contribution is -2.51. The third-order valence-electron chi connectivity index (χ3n) is 9.32. The molecule has 0 bridgehead atoms. The smallest absolute Gasteiger partial charge is 0.410 e. The second kappa shape index (κ2) is 16.6. The topological polar surface area (TPSA) is 123 Å². The number of piperazine rings is 2. The highest BCUT2D eigenvalue weighted by Gasteiger charge is 2.29. The predicted molar refractivity (Wildman–Crippen MR) is 177 cm³/mol. The number of cyclic esters (lactones) is 1. The molecule has 3 aliphatic rings. The van der Waals surface area contributed by atoms with Gasteiger partial charge in [-0.3, -0.25) is 9.59 Å². The zero-order valence-corrected chi connectivity index (χ0v) is 28.3. The summed E-state index contributed by atoms with van der Waals surface area (Å²) in [6.07, 6.45) is 2.73. The van der Waals surface area contributed by atoms with Crippen LogP contribution in [-0.2, 0) is 19.1 Å². The molecule has 3 heterocycles. The molecule has 0 unspecified atom stereocenters. The number of halogens is 1. The number of hydrogen-bond acceptors (Lipinski definition) is 9. The van der Waals surface area contributed by atoms with Gasteiger partial charge >= 0.3 is 12.1 Å². The summed E-state index contributed by atoms with van der Waals surface area (Å²) in [7, 11) is 2.02. The molecule has 0 radical (unpaired) electrons. The quantitative estimate of drug-likeness (QED) is 0.363. The highest BCUT2D eigenvalue weighted by molar-refractivity contribution is 5.80. The van der Waals surface area contributed by atoms with Gasteiger partial charge in [0, 0.05) is 64.0 Å². The van der Waals surface area contributed by atoms with Crippen LogP contribution in [0, 0.1) is 17.7 Å². The van der Waals surface area contributed by atoms with Crippen molar-refractivity contribution in [2.75, 3.05) is 64.3 Å². The van der Waals surface area contributed by atoms with Crippen LogP contribution in [0.3, 0.4) is 0 Å². The Morgan fingerprint density at radius 3 is 2.32 bits per heavy atom. The average Bonchev–Trinajstić information content (AvgIpc) is 3.03. The fraction of sp³-hybridized carbons (Fsp3) is 0.629. The normalized spacial score (nSPS) is 28.5. The van der Waals surface area contributed by atoms with E-state index in [-0.39, 0.29) is 30.3 Å². The number of likely N-dealkylation sites (N-methyl/N-ethyl adjacent to an activating group) is 1. The lowest BCUT2D eigenvalue weighted by molar-refractivity contribution is -0.151. The molecule has 3 aliphatic heterocycles. The molecule has 0 spiro atoms. The highest BCUT2D eigenvalue weighted by Crippen LogP contribution is 2.28. The van der Waals surface area contributed by atoms with Gasteiger partial charge in [0.05, 0.1) is 12.5 Å². The minimum Gasteiger partial charge on any atom is -0.457 e. The molecule has 6 atom stereocenters. The number of carbonyl (C=O) groups excluding carboxylic acids is 3. The lowest BCUT2D eigenvalue weighted by atomic mass is 9.91. The Hall–Kier alpha value is -3.48. The molecule has 2 amide bonds. The molecule has 0 saturated carbocycles. The number of benzene rings is 1. The Bertz CT molecular complexity index is 1300. The van der Waals surface area contributed by atoms with Crippen molar-refractivity contribution >= 4 is 29.7 Å². The molecule has 1 aromatic rings. The maximum Gasteiger partial charge on any atom is 0.410 e. The van der Waals surface area contributed by atoms with Gasteiger partial charge in [-0.25, -0.2) is 9.18 Å². The molecular weight excluding hydrogens is 607 g/mol. The molecule has 260 valence electrons. The number of amides is 2. The molecule has 2 saturated heterocycles. The lowest BCUT2D eigenvalue weighted by Gasteiger charge is -2.36. The van der Waals surface area contributed by atoms with Crippen LogP contribution in [0.1, 0.15) is 52.5 Å². The average molecular weight is 659 g/mol. The van der Waals surface area contributed by atoms with E-state index in [4.69, 9.17) is 9.47 Å². The second-order valence-electron chi connectivity index (χ2n) is 13.3. The van der Waals surface area contributed by atoms with Crippen molar-refractivity contribution in [1.29, 1.82) is 0 Å². The largest absolute Gasteiger partial charge is 0.457 e. The van der Waals surface area contributed by atoms with Crippen LogP contribution in [0.25, 0.3) is 6.08 Å². The molecule has 2 N–H and O–H groups in total. The van der Waals surface area contributed by atoms with Gasteiger partial charge < -0.3 is 39.3 Å². The molecule has 1 aromatic carbocycles. The van der Waals surface area contributed by atoms with E-state index in [0.717, 1.165) is 13.1 Å². The molecule has 0 aliphatic carbocycles. The monoisotopic (exact) mass is 658 g/mol. The van der Waals surface area contributed by atoms with E-state index in [9.17, 15) is 29.0 Å². The number of anilines is 1. The van der Waals surface area contributed by atoms with Gasteiger partial charge in [-0.05, 0) is 75.1 Å². The van der Waals surface area contributed by atoms with E-state index < -0.39 is 36.2 Å². The summed E-state index contributed by atoms with van der Waals surface area (Å²) in [5, 5.41) is 20.3. The van der Waals surface area contributed by atoms with Gasteiger partial charge in [0.2, 0.25) is 0 Å². The van der Waals surface area contributed by atoms with Crippen LogP contribution in [0.2, 0.25) is 0 Å². The summed E-state index contributed by atoms with van der Waals surface area (Å²) >= 11 is 0. The Kier molecular flexibility index (Phi) is 12.8. The molecule has 47 heavy (non-hydrogen) atoms. The highest BCUT2D eigenvalue weighted by atomic mass is 19.1. The first-order chi connectivity index (χ1) is 22.3. The first kappa shape index (κ1) is 36.4. The first-order valence-electron chi connectivity index (χ1n) is 16.7. The van der Waals surface area contributed by atoms with Crippen molar-refractivity contribution in [1.82, 2.24) is 14.7 Å². The van der Waals surface area contributed by atoms with Crippen LogP contribution in [-0.4, -0.2) is 127 Å². The number of ether oxygens (including phenoxy) is 2. The van der Waals surface area contributed by atoms with Crippen LogP contribution in [0.4, 0.5) is 14.9 Å². The Balaban J connectivity index is 1.53. The number of aliphatic hydroxyl groups excluding tert-OH is 2. The minimum absolute atomic E-state index is 0.0900. The fourth-order valence-corrected chi connectivity index (χ4v) is 6.29. The summed E-state index contributed by atoms with van der Waals surface area (Å²) in [6, 6.07) is 4.72. The van der Waals surface area contributed by atoms with Gasteiger partial charge in [0.1, 0.15) is 24.1 Å². The Morgan fingerprint density at radius 1 is 1.00 bits per heavy atom. The zero-order chi connectivity index (χ0) is 34.2. The number of nitrogens with zero attached hydrogens (tertiary/aromatic N) is 4. The molecule has 2 fully saturated rings. The summed E-state index contributed by atoms with van der Waals surface area (Å²) in [5.41, 5.74) is 1.94. The number of hydrogen-bond donors (Lipinski definition) is 2. The summed E-state index contributed by atoms with van der Waals surface area (Å²) in [5.74, 6) is -1.68. The molecule has 0 aromatic heterocycles. The SMILES string of the molecule is C/C(=C\c1cc(F)cc(N2CCN(C(=O)[C@@H](C)O)CC2)c1)[C@H]1OC(=O)C[C@@H](O)CC[C@@H](C)[C@@H](OC(=O)N2CCN(C)CC2)/C=C\[C@@H]1C. The number of aliphatic hydroxyl groups is 2. The maximum atomic E-state index is 14.9. The molecule has 12 heteroatoms. The summed E-state index contributed by atoms with van der Waals surface area (Å²) in [4.78, 5) is 45.6. The summed E-state index contributed by atoms with van der Waals surface area (Å²) in [6.45, 7) is 11.7. The molecule has 4 rings (SSSR count). The standard InChI is InChI=1S/C35H51FN4O7/c1-23-6-8-30(42)22-32(43)47-33(24(2)7-9-31(23)46-35(45)40-12-10-37(5)11-13-40)25(3)18-27-19-28(36)21-29(20-27)38-14-16-39(17-15-38)34(44)26(4)41/h7,9,18-21,23-24,26,30-31,33,41-42H,6,8,10-17,22H2,1-5H3/b9-7-,25-18+/t23-,24+,26-,30+,31+,33+/m1/s1. The fourth-order valence-electron chi connectivity index (χ4n) is 6.29. The van der Waals surface area contributed by atoms with E-state index in [2.05, 4.69) is 4.90 Å². The number of carbonyl (C=O) groups is 3. The predicted octanol–water partition coefficient (Wildman–Crippen LogP) is 3.30. The maximum absolute atomic E-state index is 14.9. The van der Waals surface area contributed by atoms with Crippen molar-refractivity contribution in [2.45, 2.75) is 71.4 Å². The first-order valence-corrected chi connectivity index (χ1v) is 16.7. The minimum atomic E-state index is -1.06. The number of rotatable bonds is 5. The van der Waals surface area contributed by atoms with Crippen LogP contribution in [0.15, 0.2) is 35.9 Å². The van der Waals surface area contributed by atoms with Crippen molar-refractivity contribution in [3.05, 3.63) is 47.3 Å². The van der Waals surface area contributed by atoms with Gasteiger partial charge in [0.25, 0.3) is 5.91 Å².